The van der Waals surface area contributed by atoms with Crippen molar-refractivity contribution < 1.29 is 14.6 Å². The quantitative estimate of drug-likeness (QED) is 0.797. The summed E-state index contributed by atoms with van der Waals surface area (Å²) in [5.74, 6) is -0.114. The van der Waals surface area contributed by atoms with Gasteiger partial charge < -0.3 is 14.7 Å². The lowest BCUT2D eigenvalue weighted by molar-refractivity contribution is -0.150. The number of carbonyl (C=O) groups is 1. The molecule has 5 nitrogen and oxygen atoms in total. The second-order valence-corrected chi connectivity index (χ2v) is 3.84. The van der Waals surface area contributed by atoms with Crippen LogP contribution in [0.3, 0.4) is 0 Å². The molecule has 0 aromatic carbocycles. The summed E-state index contributed by atoms with van der Waals surface area (Å²) in [5, 5.41) is 8.87. The smallest absolute Gasteiger partial charge is 0.334 e. The fraction of sp³-hybridized carbons (Fsp3) is 0.455. The van der Waals surface area contributed by atoms with Crippen molar-refractivity contribution in [1.82, 2.24) is 4.98 Å². The number of carboxylic acid groups (broad SMARTS) is 1. The number of aliphatic carboxylic acids is 1. The van der Waals surface area contributed by atoms with Gasteiger partial charge in [0.25, 0.3) is 0 Å². The number of rotatable bonds is 2. The molecule has 1 aromatic heterocycles. The molecule has 86 valence electrons. The van der Waals surface area contributed by atoms with Crippen LogP contribution in [-0.4, -0.2) is 41.9 Å². The van der Waals surface area contributed by atoms with Crippen molar-refractivity contribution in [3.63, 3.8) is 0 Å². The highest BCUT2D eigenvalue weighted by Crippen LogP contribution is 2.15. The van der Waals surface area contributed by atoms with Crippen LogP contribution in [0.25, 0.3) is 0 Å². The van der Waals surface area contributed by atoms with E-state index in [1.807, 2.05) is 24.0 Å². The van der Waals surface area contributed by atoms with E-state index in [9.17, 15) is 4.79 Å². The van der Waals surface area contributed by atoms with Crippen LogP contribution in [0.1, 0.15) is 5.56 Å². The van der Waals surface area contributed by atoms with E-state index in [1.54, 1.807) is 6.20 Å². The highest BCUT2D eigenvalue weighted by molar-refractivity contribution is 5.73. The van der Waals surface area contributed by atoms with Crippen molar-refractivity contribution in [3.05, 3.63) is 23.9 Å². The minimum Gasteiger partial charge on any atom is -0.479 e. The molecule has 1 saturated heterocycles. The van der Waals surface area contributed by atoms with E-state index in [-0.39, 0.29) is 0 Å². The van der Waals surface area contributed by atoms with Gasteiger partial charge in [-0.2, -0.15) is 0 Å². The highest BCUT2D eigenvalue weighted by atomic mass is 16.5. The Kier molecular flexibility index (Phi) is 3.05. The third-order valence-electron chi connectivity index (χ3n) is 2.56. The van der Waals surface area contributed by atoms with Gasteiger partial charge in [-0.15, -0.1) is 0 Å². The van der Waals surface area contributed by atoms with Gasteiger partial charge in [0.1, 0.15) is 5.82 Å². The van der Waals surface area contributed by atoms with Crippen molar-refractivity contribution >= 4 is 11.8 Å². The number of carboxylic acids is 1. The SMILES string of the molecule is Cc1ccc(N2CCOC(C(=O)O)C2)nc1. The fourth-order valence-electron chi connectivity index (χ4n) is 1.65. The van der Waals surface area contributed by atoms with E-state index in [4.69, 9.17) is 9.84 Å². The number of ether oxygens (including phenoxy) is 1. The summed E-state index contributed by atoms with van der Waals surface area (Å²) < 4.78 is 5.15. The first kappa shape index (κ1) is 10.9. The Balaban J connectivity index is 2.09. The van der Waals surface area contributed by atoms with E-state index in [1.165, 1.54) is 0 Å². The van der Waals surface area contributed by atoms with E-state index >= 15 is 0 Å². The van der Waals surface area contributed by atoms with Crippen LogP contribution in [0.4, 0.5) is 5.82 Å². The van der Waals surface area contributed by atoms with Gasteiger partial charge in [0.05, 0.1) is 13.2 Å². The van der Waals surface area contributed by atoms with Gasteiger partial charge >= 0.3 is 5.97 Å². The molecule has 1 atom stereocenters. The van der Waals surface area contributed by atoms with Crippen LogP contribution in [0.15, 0.2) is 18.3 Å². The summed E-state index contributed by atoms with van der Waals surface area (Å²) in [6.07, 6.45) is 1.03. The summed E-state index contributed by atoms with van der Waals surface area (Å²) in [5.41, 5.74) is 1.09. The van der Waals surface area contributed by atoms with Crippen molar-refractivity contribution in [2.24, 2.45) is 0 Å². The molecule has 2 heterocycles. The third-order valence-corrected chi connectivity index (χ3v) is 2.56. The second-order valence-electron chi connectivity index (χ2n) is 3.84. The number of aryl methyl sites for hydroxylation is 1. The number of hydrogen-bond acceptors (Lipinski definition) is 4. The van der Waals surface area contributed by atoms with E-state index in [2.05, 4.69) is 4.98 Å². The minimum absolute atomic E-state index is 0.353. The van der Waals surface area contributed by atoms with Gasteiger partial charge in [-0.1, -0.05) is 6.07 Å². The molecule has 1 aliphatic rings. The van der Waals surface area contributed by atoms with E-state index in [0.717, 1.165) is 11.4 Å². The van der Waals surface area contributed by atoms with Gasteiger partial charge in [0.2, 0.25) is 0 Å². The van der Waals surface area contributed by atoms with Gasteiger partial charge in [-0.25, -0.2) is 9.78 Å². The van der Waals surface area contributed by atoms with Gasteiger partial charge in [-0.3, -0.25) is 0 Å². The lowest BCUT2D eigenvalue weighted by atomic mass is 10.2. The van der Waals surface area contributed by atoms with E-state index in [0.29, 0.717) is 19.7 Å². The number of anilines is 1. The first-order valence-corrected chi connectivity index (χ1v) is 5.19. The van der Waals surface area contributed by atoms with Crippen LogP contribution in [0, 0.1) is 6.92 Å². The lowest BCUT2D eigenvalue weighted by Gasteiger charge is -2.31. The van der Waals surface area contributed by atoms with Gasteiger partial charge in [-0.05, 0) is 18.6 Å². The van der Waals surface area contributed by atoms with Gasteiger partial charge in [0.15, 0.2) is 6.10 Å². The Morgan fingerprint density at radius 1 is 1.62 bits per heavy atom. The summed E-state index contributed by atoms with van der Waals surface area (Å²) in [6, 6.07) is 3.87. The molecular weight excluding hydrogens is 208 g/mol. The molecule has 16 heavy (non-hydrogen) atoms. The molecule has 1 aromatic rings. The zero-order chi connectivity index (χ0) is 11.5. The molecule has 2 rings (SSSR count). The first-order chi connectivity index (χ1) is 7.66. The highest BCUT2D eigenvalue weighted by Gasteiger charge is 2.26. The monoisotopic (exact) mass is 222 g/mol. The number of nitrogens with zero attached hydrogens (tertiary/aromatic N) is 2. The fourth-order valence-corrected chi connectivity index (χ4v) is 1.65. The standard InChI is InChI=1S/C11H14N2O3/c1-8-2-3-10(12-6-8)13-4-5-16-9(7-13)11(14)15/h2-3,6,9H,4-5,7H2,1H3,(H,14,15). The largest absolute Gasteiger partial charge is 0.479 e. The van der Waals surface area contributed by atoms with Crippen LogP contribution < -0.4 is 4.90 Å². The predicted molar refractivity (Wildman–Crippen MR) is 58.6 cm³/mol. The average Bonchev–Trinajstić information content (AvgIpc) is 2.30. The maximum atomic E-state index is 10.8. The normalized spacial score (nSPS) is 20.8. The van der Waals surface area contributed by atoms with Crippen LogP contribution >= 0.6 is 0 Å². The topological polar surface area (TPSA) is 62.7 Å². The predicted octanol–water partition coefficient (Wildman–Crippen LogP) is 0.680. The maximum Gasteiger partial charge on any atom is 0.334 e. The van der Waals surface area contributed by atoms with Crippen molar-refractivity contribution in [2.75, 3.05) is 24.6 Å². The van der Waals surface area contributed by atoms with Crippen LogP contribution in [-0.2, 0) is 9.53 Å². The first-order valence-electron chi connectivity index (χ1n) is 5.19. The maximum absolute atomic E-state index is 10.8. The Morgan fingerprint density at radius 2 is 2.44 bits per heavy atom. The van der Waals surface area contributed by atoms with E-state index < -0.39 is 12.1 Å². The number of aromatic nitrogens is 1. The average molecular weight is 222 g/mol. The van der Waals surface area contributed by atoms with Gasteiger partial charge in [0, 0.05) is 12.7 Å². The number of morpholine rings is 1. The Hall–Kier alpha value is -1.62. The molecule has 0 spiro atoms. The number of hydrogen-bond donors (Lipinski definition) is 1. The Bertz CT molecular complexity index is 377. The lowest BCUT2D eigenvalue weighted by Crippen LogP contribution is -2.46. The van der Waals surface area contributed by atoms with Crippen LogP contribution in [0.5, 0.6) is 0 Å². The molecular formula is C11H14N2O3. The summed E-state index contributed by atoms with van der Waals surface area (Å²) >= 11 is 0. The third kappa shape index (κ3) is 2.30. The van der Waals surface area contributed by atoms with Crippen molar-refractivity contribution in [2.45, 2.75) is 13.0 Å². The zero-order valence-electron chi connectivity index (χ0n) is 9.09. The van der Waals surface area contributed by atoms with Crippen molar-refractivity contribution in [3.8, 4) is 0 Å². The van der Waals surface area contributed by atoms with Crippen LogP contribution in [0.2, 0.25) is 0 Å². The molecule has 1 N–H and O–H groups in total. The molecule has 0 bridgehead atoms. The summed E-state index contributed by atoms with van der Waals surface area (Å²) in [4.78, 5) is 17.0. The molecule has 1 unspecified atom stereocenters. The minimum atomic E-state index is -0.920. The molecule has 0 radical (unpaired) electrons. The molecule has 5 heteroatoms. The molecule has 0 amide bonds. The number of pyridine rings is 1. The molecule has 0 saturated carbocycles. The summed E-state index contributed by atoms with van der Waals surface area (Å²) in [7, 11) is 0. The zero-order valence-corrected chi connectivity index (χ0v) is 9.09. The summed E-state index contributed by atoms with van der Waals surface area (Å²) in [6.45, 7) is 3.42. The second kappa shape index (κ2) is 4.49. The Labute approximate surface area is 93.7 Å². The molecule has 0 aliphatic carbocycles. The molecule has 1 aliphatic heterocycles. The molecule has 1 fully saturated rings. The van der Waals surface area contributed by atoms with Crippen molar-refractivity contribution in [1.29, 1.82) is 0 Å². The Morgan fingerprint density at radius 3 is 3.06 bits per heavy atom.